The SMILES string of the molecule is C=CCn1c(=O)n(CC(C)O)c(=O)n(CC(O)COC(=O)CCCC(=O)Nc2cc(C(=O)OC)ccc2C(=O)OC)c1=O. The molecule has 0 bridgehead atoms. The number of nitrogens with zero attached hydrogens (tertiary/aromatic N) is 3. The Morgan fingerprint density at radius 2 is 1.53 bits per heavy atom. The molecule has 1 heterocycles. The molecule has 0 spiro atoms. The summed E-state index contributed by atoms with van der Waals surface area (Å²) in [5.74, 6) is -2.81. The van der Waals surface area contributed by atoms with Crippen LogP contribution in [0.3, 0.4) is 0 Å². The minimum Gasteiger partial charge on any atom is -0.465 e. The summed E-state index contributed by atoms with van der Waals surface area (Å²) in [6, 6.07) is 3.87. The van der Waals surface area contributed by atoms with Gasteiger partial charge in [0.15, 0.2) is 0 Å². The standard InChI is InChI=1S/C27H34N4O12/c1-5-11-29-25(38)30(13-16(2)32)27(40)31(26(29)39)14-18(33)15-43-22(35)8-6-7-21(34)28-20-12-17(23(36)41-3)9-10-19(20)24(37)42-4/h5,9-10,12,16,18,32-33H,1,6-8,11,13-15H2,2-4H3,(H,28,34). The Hall–Kier alpha value is -4.83. The van der Waals surface area contributed by atoms with Crippen LogP contribution >= 0.6 is 0 Å². The Morgan fingerprint density at radius 1 is 0.930 bits per heavy atom. The van der Waals surface area contributed by atoms with Crippen LogP contribution < -0.4 is 22.4 Å². The van der Waals surface area contributed by atoms with Crippen molar-refractivity contribution in [3.63, 3.8) is 0 Å². The number of aromatic nitrogens is 3. The van der Waals surface area contributed by atoms with Gasteiger partial charge >= 0.3 is 35.0 Å². The largest absolute Gasteiger partial charge is 0.465 e. The van der Waals surface area contributed by atoms with E-state index in [1.807, 2.05) is 0 Å². The first-order chi connectivity index (χ1) is 20.3. The molecule has 16 nitrogen and oxygen atoms in total. The molecule has 1 aromatic carbocycles. The Labute approximate surface area is 244 Å². The Morgan fingerprint density at radius 3 is 2.12 bits per heavy atom. The highest BCUT2D eigenvalue weighted by molar-refractivity contribution is 6.03. The molecule has 2 unspecified atom stereocenters. The molecule has 43 heavy (non-hydrogen) atoms. The summed E-state index contributed by atoms with van der Waals surface area (Å²) in [6.07, 6.45) is -1.73. The number of nitrogens with one attached hydrogen (secondary N) is 1. The number of benzene rings is 1. The molecule has 0 aliphatic carbocycles. The van der Waals surface area contributed by atoms with E-state index in [4.69, 9.17) is 4.74 Å². The van der Waals surface area contributed by atoms with Gasteiger partial charge in [-0.05, 0) is 31.5 Å². The number of hydrogen-bond donors (Lipinski definition) is 3. The summed E-state index contributed by atoms with van der Waals surface area (Å²) in [5, 5.41) is 22.5. The van der Waals surface area contributed by atoms with E-state index in [0.717, 1.165) is 7.11 Å². The zero-order chi connectivity index (χ0) is 32.3. The smallest absolute Gasteiger partial charge is 0.339 e. The predicted octanol–water partition coefficient (Wildman–Crippen LogP) is -0.975. The number of aliphatic hydroxyl groups is 2. The third kappa shape index (κ3) is 9.34. The highest BCUT2D eigenvalue weighted by Gasteiger charge is 2.20. The van der Waals surface area contributed by atoms with Crippen LogP contribution in [0.2, 0.25) is 0 Å². The van der Waals surface area contributed by atoms with Crippen LogP contribution in [0.5, 0.6) is 0 Å². The lowest BCUT2D eigenvalue weighted by Gasteiger charge is -2.16. The van der Waals surface area contributed by atoms with E-state index in [1.165, 1.54) is 38.3 Å². The number of anilines is 1. The van der Waals surface area contributed by atoms with E-state index in [0.29, 0.717) is 13.7 Å². The lowest BCUT2D eigenvalue weighted by molar-refractivity contribution is -0.147. The second-order valence-electron chi connectivity index (χ2n) is 9.30. The van der Waals surface area contributed by atoms with E-state index < -0.39 is 72.8 Å². The second-order valence-corrected chi connectivity index (χ2v) is 9.30. The van der Waals surface area contributed by atoms with Crippen LogP contribution in [0, 0.1) is 0 Å². The van der Waals surface area contributed by atoms with Gasteiger partial charge in [0.1, 0.15) is 12.7 Å². The number of hydrogen-bond acceptors (Lipinski definition) is 12. The number of rotatable bonds is 15. The van der Waals surface area contributed by atoms with Gasteiger partial charge in [0, 0.05) is 12.8 Å². The fraction of sp³-hybridized carbons (Fsp3) is 0.444. The minimum atomic E-state index is -1.51. The fourth-order valence-electron chi connectivity index (χ4n) is 3.86. The lowest BCUT2D eigenvalue weighted by Crippen LogP contribution is -2.56. The molecule has 234 valence electrons. The van der Waals surface area contributed by atoms with Crippen molar-refractivity contribution in [2.75, 3.05) is 26.1 Å². The minimum absolute atomic E-state index is 0.00598. The molecule has 1 aromatic heterocycles. The summed E-state index contributed by atoms with van der Waals surface area (Å²) in [4.78, 5) is 86.4. The molecule has 2 rings (SSSR count). The van der Waals surface area contributed by atoms with Crippen molar-refractivity contribution >= 4 is 29.5 Å². The van der Waals surface area contributed by atoms with E-state index in [-0.39, 0.29) is 42.6 Å². The summed E-state index contributed by atoms with van der Waals surface area (Å²) >= 11 is 0. The first-order valence-corrected chi connectivity index (χ1v) is 13.0. The Bertz CT molecular complexity index is 1540. The van der Waals surface area contributed by atoms with Crippen LogP contribution in [0.25, 0.3) is 0 Å². The normalized spacial score (nSPS) is 12.1. The van der Waals surface area contributed by atoms with Crippen molar-refractivity contribution in [2.45, 2.75) is 58.0 Å². The van der Waals surface area contributed by atoms with E-state index in [9.17, 15) is 43.8 Å². The van der Waals surface area contributed by atoms with Gasteiger partial charge in [-0.3, -0.25) is 9.59 Å². The average Bonchev–Trinajstić information content (AvgIpc) is 2.97. The van der Waals surface area contributed by atoms with Gasteiger partial charge in [-0.2, -0.15) is 0 Å². The molecule has 0 fully saturated rings. The van der Waals surface area contributed by atoms with E-state index in [1.54, 1.807) is 0 Å². The molecule has 1 amide bonds. The number of allylic oxidation sites excluding steroid dienone is 1. The predicted molar refractivity (Wildman–Crippen MR) is 150 cm³/mol. The monoisotopic (exact) mass is 606 g/mol. The van der Waals surface area contributed by atoms with Gasteiger partial charge in [-0.1, -0.05) is 6.08 Å². The van der Waals surface area contributed by atoms with Crippen LogP contribution in [-0.2, 0) is 43.4 Å². The molecule has 3 N–H and O–H groups in total. The Balaban J connectivity index is 1.98. The van der Waals surface area contributed by atoms with Crippen LogP contribution in [0.4, 0.5) is 5.69 Å². The molecule has 0 aliphatic rings. The first kappa shape index (κ1) is 34.4. The molecule has 0 saturated heterocycles. The average molecular weight is 607 g/mol. The number of carbonyl (C=O) groups excluding carboxylic acids is 4. The van der Waals surface area contributed by atoms with Crippen LogP contribution in [0.15, 0.2) is 45.2 Å². The first-order valence-electron chi connectivity index (χ1n) is 13.0. The number of aliphatic hydroxyl groups excluding tert-OH is 2. The lowest BCUT2D eigenvalue weighted by atomic mass is 10.1. The maximum Gasteiger partial charge on any atom is 0.339 e. The molecule has 0 aliphatic heterocycles. The fourth-order valence-corrected chi connectivity index (χ4v) is 3.86. The van der Waals surface area contributed by atoms with Gasteiger partial charge in [0.2, 0.25) is 5.91 Å². The third-order valence-electron chi connectivity index (χ3n) is 5.88. The summed E-state index contributed by atoms with van der Waals surface area (Å²) in [7, 11) is 2.32. The summed E-state index contributed by atoms with van der Waals surface area (Å²) in [5.41, 5.74) is -2.94. The van der Waals surface area contributed by atoms with Gasteiger partial charge in [-0.25, -0.2) is 37.7 Å². The number of carbonyl (C=O) groups is 4. The van der Waals surface area contributed by atoms with Gasteiger partial charge in [-0.15, -0.1) is 6.58 Å². The molecule has 16 heteroatoms. The van der Waals surface area contributed by atoms with Crippen molar-refractivity contribution in [3.8, 4) is 0 Å². The Kier molecular flexibility index (Phi) is 12.8. The molecule has 2 atom stereocenters. The number of esters is 3. The van der Waals surface area contributed by atoms with Crippen molar-refractivity contribution in [3.05, 3.63) is 73.4 Å². The summed E-state index contributed by atoms with van der Waals surface area (Å²) < 4.78 is 16.3. The maximum atomic E-state index is 12.7. The van der Waals surface area contributed by atoms with Crippen molar-refractivity contribution in [1.82, 2.24) is 13.7 Å². The zero-order valence-electron chi connectivity index (χ0n) is 23.9. The molecular weight excluding hydrogens is 572 g/mol. The quantitative estimate of drug-likeness (QED) is 0.127. The van der Waals surface area contributed by atoms with Gasteiger partial charge in [0.25, 0.3) is 0 Å². The van der Waals surface area contributed by atoms with Crippen LogP contribution in [0.1, 0.15) is 46.9 Å². The van der Waals surface area contributed by atoms with Crippen molar-refractivity contribution in [2.24, 2.45) is 0 Å². The van der Waals surface area contributed by atoms with E-state index in [2.05, 4.69) is 21.4 Å². The molecule has 2 aromatic rings. The highest BCUT2D eigenvalue weighted by atomic mass is 16.5. The zero-order valence-corrected chi connectivity index (χ0v) is 23.9. The maximum absolute atomic E-state index is 12.7. The van der Waals surface area contributed by atoms with Crippen LogP contribution in [-0.4, -0.2) is 80.8 Å². The van der Waals surface area contributed by atoms with E-state index >= 15 is 0 Å². The number of amides is 1. The topological polar surface area (TPSA) is 214 Å². The highest BCUT2D eigenvalue weighted by Crippen LogP contribution is 2.20. The van der Waals surface area contributed by atoms with Gasteiger partial charge < -0.3 is 29.7 Å². The number of ether oxygens (including phenoxy) is 3. The van der Waals surface area contributed by atoms with Crippen molar-refractivity contribution < 1.29 is 43.6 Å². The van der Waals surface area contributed by atoms with Gasteiger partial charge in [0.05, 0.1) is 56.8 Å². The summed E-state index contributed by atoms with van der Waals surface area (Å²) in [6.45, 7) is 2.98. The molecule has 0 saturated carbocycles. The second kappa shape index (κ2) is 16.0. The third-order valence-corrected chi connectivity index (χ3v) is 5.88. The molecule has 0 radical (unpaired) electrons. The molecular formula is C27H34N4O12. The van der Waals surface area contributed by atoms with Crippen molar-refractivity contribution in [1.29, 1.82) is 0 Å². The number of methoxy groups -OCH3 is 2.